The second-order valence-electron chi connectivity index (χ2n) is 6.75. The highest BCUT2D eigenvalue weighted by atomic mass is 16.6. The zero-order valence-electron chi connectivity index (χ0n) is 16.0. The lowest BCUT2D eigenvalue weighted by Gasteiger charge is -2.26. The normalized spacial score (nSPS) is 10.8. The molecular weight excluding hydrogens is 348 g/mol. The molecule has 0 aliphatic carbocycles. The maximum atomic E-state index is 12.5. The topological polar surface area (TPSA) is 78.0 Å². The molecule has 27 heavy (non-hydrogen) atoms. The van der Waals surface area contributed by atoms with Crippen molar-refractivity contribution in [2.75, 3.05) is 18.6 Å². The van der Waals surface area contributed by atoms with Crippen LogP contribution in [0.1, 0.15) is 26.5 Å². The lowest BCUT2D eigenvalue weighted by atomic mass is 10.2. The smallest absolute Gasteiger partial charge is 0.415 e. The molecule has 0 spiro atoms. The Bertz CT molecular complexity index is 771. The molecule has 1 aromatic carbocycles. The number of aromatic nitrogens is 1. The second kappa shape index (κ2) is 9.02. The van der Waals surface area contributed by atoms with Gasteiger partial charge < -0.3 is 14.2 Å². The first kappa shape index (κ1) is 20.2. The standard InChI is InChI=1S/C20H24N2O5/c1-20(2,3)27-19(24)22(16-8-6-5-7-9-16)13-18(23)26-14-15-12-17(25-4)10-11-21-15/h5-12H,13-14H2,1-4H3. The quantitative estimate of drug-likeness (QED) is 0.722. The molecular formula is C20H24N2O5. The summed E-state index contributed by atoms with van der Waals surface area (Å²) in [5.41, 5.74) is 0.410. The summed E-state index contributed by atoms with van der Waals surface area (Å²) in [5.74, 6) is 0.0463. The average Bonchev–Trinajstić information content (AvgIpc) is 2.64. The third-order valence-corrected chi connectivity index (χ3v) is 3.37. The zero-order chi connectivity index (χ0) is 19.9. The number of amides is 1. The van der Waals surface area contributed by atoms with E-state index in [0.29, 0.717) is 17.1 Å². The van der Waals surface area contributed by atoms with Gasteiger partial charge in [-0.2, -0.15) is 0 Å². The Morgan fingerprint density at radius 2 is 1.81 bits per heavy atom. The molecule has 0 saturated heterocycles. The number of hydrogen-bond acceptors (Lipinski definition) is 6. The highest BCUT2D eigenvalue weighted by Gasteiger charge is 2.25. The minimum Gasteiger partial charge on any atom is -0.497 e. The van der Waals surface area contributed by atoms with Gasteiger partial charge in [-0.25, -0.2) is 4.79 Å². The van der Waals surface area contributed by atoms with Crippen molar-refractivity contribution < 1.29 is 23.8 Å². The summed E-state index contributed by atoms with van der Waals surface area (Å²) in [5, 5.41) is 0. The van der Waals surface area contributed by atoms with Crippen LogP contribution in [0.4, 0.5) is 10.5 Å². The monoisotopic (exact) mass is 372 g/mol. The van der Waals surface area contributed by atoms with Gasteiger partial charge in [0.1, 0.15) is 24.5 Å². The Kier molecular flexibility index (Phi) is 6.76. The Labute approximate surface area is 158 Å². The van der Waals surface area contributed by atoms with Crippen LogP contribution in [0.5, 0.6) is 5.75 Å². The van der Waals surface area contributed by atoms with Crippen molar-refractivity contribution in [3.8, 4) is 5.75 Å². The molecule has 0 atom stereocenters. The summed E-state index contributed by atoms with van der Waals surface area (Å²) in [6.07, 6.45) is 0.948. The van der Waals surface area contributed by atoms with E-state index in [1.807, 2.05) is 6.07 Å². The van der Waals surface area contributed by atoms with E-state index < -0.39 is 17.7 Å². The summed E-state index contributed by atoms with van der Waals surface area (Å²) in [4.78, 5) is 30.2. The van der Waals surface area contributed by atoms with Crippen molar-refractivity contribution >= 4 is 17.7 Å². The van der Waals surface area contributed by atoms with E-state index in [1.54, 1.807) is 70.5 Å². The third kappa shape index (κ3) is 6.62. The minimum absolute atomic E-state index is 0.0209. The molecule has 0 aliphatic heterocycles. The van der Waals surface area contributed by atoms with Gasteiger partial charge in [-0.1, -0.05) is 18.2 Å². The number of benzene rings is 1. The van der Waals surface area contributed by atoms with Gasteiger partial charge in [-0.15, -0.1) is 0 Å². The molecule has 0 radical (unpaired) electrons. The van der Waals surface area contributed by atoms with Crippen molar-refractivity contribution in [3.63, 3.8) is 0 Å². The van der Waals surface area contributed by atoms with Crippen LogP contribution in [0.3, 0.4) is 0 Å². The van der Waals surface area contributed by atoms with E-state index in [2.05, 4.69) is 4.98 Å². The molecule has 1 aromatic heterocycles. The number of carbonyl (C=O) groups excluding carboxylic acids is 2. The molecule has 1 heterocycles. The van der Waals surface area contributed by atoms with E-state index in [9.17, 15) is 9.59 Å². The SMILES string of the molecule is COc1ccnc(COC(=O)CN(C(=O)OC(C)(C)C)c2ccccc2)c1. The van der Waals surface area contributed by atoms with E-state index in [4.69, 9.17) is 14.2 Å². The molecule has 0 saturated carbocycles. The number of anilines is 1. The van der Waals surface area contributed by atoms with Crippen LogP contribution in [-0.4, -0.2) is 36.3 Å². The molecule has 0 bridgehead atoms. The lowest BCUT2D eigenvalue weighted by Crippen LogP contribution is -2.40. The maximum absolute atomic E-state index is 12.5. The summed E-state index contributed by atoms with van der Waals surface area (Å²) >= 11 is 0. The van der Waals surface area contributed by atoms with Crippen molar-refractivity contribution in [2.45, 2.75) is 33.0 Å². The summed E-state index contributed by atoms with van der Waals surface area (Å²) < 4.78 is 15.8. The second-order valence-corrected chi connectivity index (χ2v) is 6.75. The number of hydrogen-bond donors (Lipinski definition) is 0. The highest BCUT2D eigenvalue weighted by molar-refractivity contribution is 5.93. The lowest BCUT2D eigenvalue weighted by molar-refractivity contribution is -0.143. The zero-order valence-corrected chi connectivity index (χ0v) is 16.0. The van der Waals surface area contributed by atoms with Crippen LogP contribution in [-0.2, 0) is 20.9 Å². The Morgan fingerprint density at radius 3 is 2.44 bits per heavy atom. The van der Waals surface area contributed by atoms with Gasteiger partial charge in [0.05, 0.1) is 12.8 Å². The number of pyridine rings is 1. The van der Waals surface area contributed by atoms with Crippen LogP contribution in [0.25, 0.3) is 0 Å². The van der Waals surface area contributed by atoms with Gasteiger partial charge in [0.15, 0.2) is 0 Å². The van der Waals surface area contributed by atoms with Gasteiger partial charge in [-0.3, -0.25) is 14.7 Å². The fourth-order valence-electron chi connectivity index (χ4n) is 2.18. The van der Waals surface area contributed by atoms with Gasteiger partial charge in [0.2, 0.25) is 0 Å². The summed E-state index contributed by atoms with van der Waals surface area (Å²) in [6.45, 7) is 5.00. The largest absolute Gasteiger partial charge is 0.497 e. The Hall–Kier alpha value is -3.09. The van der Waals surface area contributed by atoms with Gasteiger partial charge in [0.25, 0.3) is 0 Å². The van der Waals surface area contributed by atoms with Crippen molar-refractivity contribution in [3.05, 3.63) is 54.4 Å². The fraction of sp³-hybridized carbons (Fsp3) is 0.350. The number of para-hydroxylation sites is 1. The Balaban J connectivity index is 2.05. The molecule has 144 valence electrons. The number of carbonyl (C=O) groups is 2. The number of rotatable bonds is 6. The number of esters is 1. The van der Waals surface area contributed by atoms with Gasteiger partial charge in [-0.05, 0) is 39.0 Å². The average molecular weight is 372 g/mol. The molecule has 0 aliphatic rings. The van der Waals surface area contributed by atoms with Gasteiger partial charge >= 0.3 is 12.1 Å². The van der Waals surface area contributed by atoms with Crippen LogP contribution in [0.2, 0.25) is 0 Å². The highest BCUT2D eigenvalue weighted by Crippen LogP contribution is 2.18. The van der Waals surface area contributed by atoms with E-state index >= 15 is 0 Å². The molecule has 2 aromatic rings. The summed E-state index contributed by atoms with van der Waals surface area (Å²) in [6, 6.07) is 12.2. The van der Waals surface area contributed by atoms with Crippen LogP contribution < -0.4 is 9.64 Å². The van der Waals surface area contributed by atoms with Crippen molar-refractivity contribution in [1.82, 2.24) is 4.98 Å². The first-order valence-corrected chi connectivity index (χ1v) is 8.48. The third-order valence-electron chi connectivity index (χ3n) is 3.37. The van der Waals surface area contributed by atoms with E-state index in [1.165, 1.54) is 4.90 Å². The molecule has 1 amide bonds. The van der Waals surface area contributed by atoms with Gasteiger partial charge in [0, 0.05) is 18.0 Å². The molecule has 7 nitrogen and oxygen atoms in total. The van der Waals surface area contributed by atoms with Crippen molar-refractivity contribution in [1.29, 1.82) is 0 Å². The van der Waals surface area contributed by atoms with Crippen LogP contribution in [0.15, 0.2) is 48.7 Å². The minimum atomic E-state index is -0.682. The number of methoxy groups -OCH3 is 1. The molecule has 0 fully saturated rings. The molecule has 0 unspecified atom stereocenters. The predicted octanol–water partition coefficient (Wildman–Crippen LogP) is 3.58. The van der Waals surface area contributed by atoms with Crippen LogP contribution in [0, 0.1) is 0 Å². The Morgan fingerprint density at radius 1 is 1.11 bits per heavy atom. The van der Waals surface area contributed by atoms with E-state index in [-0.39, 0.29) is 13.2 Å². The molecule has 0 N–H and O–H groups in total. The number of ether oxygens (including phenoxy) is 3. The molecule has 2 rings (SSSR count). The fourth-order valence-corrected chi connectivity index (χ4v) is 2.18. The first-order chi connectivity index (χ1) is 12.8. The maximum Gasteiger partial charge on any atom is 0.415 e. The van der Waals surface area contributed by atoms with Crippen molar-refractivity contribution in [2.24, 2.45) is 0 Å². The molecule has 7 heteroatoms. The summed E-state index contributed by atoms with van der Waals surface area (Å²) in [7, 11) is 1.55. The first-order valence-electron chi connectivity index (χ1n) is 8.48. The van der Waals surface area contributed by atoms with Crippen LogP contribution >= 0.6 is 0 Å². The predicted molar refractivity (Wildman–Crippen MR) is 101 cm³/mol. The number of nitrogens with zero attached hydrogens (tertiary/aromatic N) is 2. The van der Waals surface area contributed by atoms with E-state index in [0.717, 1.165) is 0 Å².